The third-order valence-corrected chi connectivity index (χ3v) is 4.11. The monoisotopic (exact) mass is 330 g/mol. The van der Waals surface area contributed by atoms with Crippen molar-refractivity contribution in [2.45, 2.75) is 17.6 Å². The van der Waals surface area contributed by atoms with Crippen molar-refractivity contribution >= 4 is 24.0 Å². The van der Waals surface area contributed by atoms with E-state index >= 15 is 0 Å². The highest BCUT2D eigenvalue weighted by Gasteiger charge is 2.08. The van der Waals surface area contributed by atoms with Gasteiger partial charge in [0.1, 0.15) is 12.0 Å². The topological polar surface area (TPSA) is 52.6 Å². The van der Waals surface area contributed by atoms with Gasteiger partial charge in [-0.05, 0) is 30.7 Å². The van der Waals surface area contributed by atoms with E-state index in [0.29, 0.717) is 23.7 Å². The van der Waals surface area contributed by atoms with Crippen molar-refractivity contribution in [2.75, 3.05) is 13.2 Å². The van der Waals surface area contributed by atoms with Crippen LogP contribution < -0.4 is 4.74 Å². The molecule has 0 aromatic heterocycles. The third kappa shape index (κ3) is 5.45. The zero-order valence-electron chi connectivity index (χ0n) is 12.9. The average Bonchev–Trinajstić information content (AvgIpc) is 2.59. The van der Waals surface area contributed by atoms with E-state index in [2.05, 4.69) is 0 Å². The SMILES string of the molecule is CCOC(=O)COc1ccccc1SCc1cccc(C=O)c1. The summed E-state index contributed by atoms with van der Waals surface area (Å²) < 4.78 is 10.4. The van der Waals surface area contributed by atoms with Crippen LogP contribution in [-0.4, -0.2) is 25.5 Å². The fraction of sp³-hybridized carbons (Fsp3) is 0.222. The second kappa shape index (κ2) is 9.00. The van der Waals surface area contributed by atoms with Gasteiger partial charge in [-0.1, -0.05) is 30.3 Å². The molecular formula is C18H18O4S. The van der Waals surface area contributed by atoms with E-state index in [4.69, 9.17) is 9.47 Å². The molecule has 0 amide bonds. The first kappa shape index (κ1) is 17.1. The van der Waals surface area contributed by atoms with Crippen molar-refractivity contribution in [3.8, 4) is 5.75 Å². The van der Waals surface area contributed by atoms with Crippen LogP contribution in [0.2, 0.25) is 0 Å². The van der Waals surface area contributed by atoms with Gasteiger partial charge in [0.15, 0.2) is 6.61 Å². The summed E-state index contributed by atoms with van der Waals surface area (Å²) in [6.45, 7) is 1.99. The molecule has 0 aliphatic carbocycles. The highest BCUT2D eigenvalue weighted by atomic mass is 32.2. The van der Waals surface area contributed by atoms with Gasteiger partial charge in [0.05, 0.1) is 6.61 Å². The van der Waals surface area contributed by atoms with Crippen LogP contribution in [0.3, 0.4) is 0 Å². The second-order valence-electron chi connectivity index (χ2n) is 4.69. The summed E-state index contributed by atoms with van der Waals surface area (Å²) in [5, 5.41) is 0. The van der Waals surface area contributed by atoms with Gasteiger partial charge in [0.25, 0.3) is 0 Å². The van der Waals surface area contributed by atoms with Crippen molar-refractivity contribution in [1.82, 2.24) is 0 Å². The van der Waals surface area contributed by atoms with Crippen LogP contribution in [0.5, 0.6) is 5.75 Å². The zero-order chi connectivity index (χ0) is 16.5. The van der Waals surface area contributed by atoms with Crippen LogP contribution in [0, 0.1) is 0 Å². The molecule has 0 fully saturated rings. The minimum absolute atomic E-state index is 0.105. The molecule has 2 aromatic rings. The van der Waals surface area contributed by atoms with Crippen molar-refractivity contribution in [2.24, 2.45) is 0 Å². The lowest BCUT2D eigenvalue weighted by molar-refractivity contribution is -0.145. The second-order valence-corrected chi connectivity index (χ2v) is 5.71. The molecule has 0 radical (unpaired) electrons. The number of carbonyl (C=O) groups is 2. The summed E-state index contributed by atoms with van der Waals surface area (Å²) in [4.78, 5) is 23.1. The van der Waals surface area contributed by atoms with Crippen LogP contribution in [-0.2, 0) is 15.3 Å². The van der Waals surface area contributed by atoms with Crippen molar-refractivity contribution in [3.63, 3.8) is 0 Å². The normalized spacial score (nSPS) is 10.1. The number of ether oxygens (including phenoxy) is 2. The molecule has 23 heavy (non-hydrogen) atoms. The van der Waals surface area contributed by atoms with Gasteiger partial charge in [-0.25, -0.2) is 4.79 Å². The Kier molecular flexibility index (Phi) is 6.69. The van der Waals surface area contributed by atoms with E-state index in [1.165, 1.54) is 0 Å². The first-order valence-corrected chi connectivity index (χ1v) is 8.26. The van der Waals surface area contributed by atoms with Gasteiger partial charge in [-0.2, -0.15) is 0 Å². The molecule has 5 heteroatoms. The molecule has 0 spiro atoms. The van der Waals surface area contributed by atoms with Gasteiger partial charge < -0.3 is 9.47 Å². The largest absolute Gasteiger partial charge is 0.481 e. The predicted molar refractivity (Wildman–Crippen MR) is 90.0 cm³/mol. The molecule has 0 saturated carbocycles. The number of hydrogen-bond donors (Lipinski definition) is 0. The molecule has 0 N–H and O–H groups in total. The van der Waals surface area contributed by atoms with Crippen LogP contribution in [0.15, 0.2) is 53.4 Å². The summed E-state index contributed by atoms with van der Waals surface area (Å²) in [6.07, 6.45) is 0.838. The number of rotatable bonds is 8. The molecule has 0 atom stereocenters. The highest BCUT2D eigenvalue weighted by Crippen LogP contribution is 2.31. The standard InChI is InChI=1S/C18H18O4S/c1-2-21-18(20)12-22-16-8-3-4-9-17(16)23-13-15-7-5-6-14(10-15)11-19/h3-11H,2,12-13H2,1H3. The van der Waals surface area contributed by atoms with E-state index < -0.39 is 0 Å². The Morgan fingerprint density at radius 3 is 2.78 bits per heavy atom. The zero-order valence-corrected chi connectivity index (χ0v) is 13.7. The fourth-order valence-corrected chi connectivity index (χ4v) is 2.89. The lowest BCUT2D eigenvalue weighted by atomic mass is 10.2. The Labute approximate surface area is 139 Å². The molecule has 0 saturated heterocycles. The van der Waals surface area contributed by atoms with Gasteiger partial charge >= 0.3 is 5.97 Å². The van der Waals surface area contributed by atoms with Crippen molar-refractivity contribution < 1.29 is 19.1 Å². The van der Waals surface area contributed by atoms with Crippen LogP contribution in [0.4, 0.5) is 0 Å². The number of esters is 1. The van der Waals surface area contributed by atoms with Crippen LogP contribution in [0.1, 0.15) is 22.8 Å². The number of carbonyl (C=O) groups excluding carboxylic acids is 2. The summed E-state index contributed by atoms with van der Waals surface area (Å²) in [5.74, 6) is 0.977. The van der Waals surface area contributed by atoms with E-state index in [1.807, 2.05) is 42.5 Å². The van der Waals surface area contributed by atoms with Gasteiger partial charge in [0.2, 0.25) is 0 Å². The van der Waals surface area contributed by atoms with Crippen LogP contribution >= 0.6 is 11.8 Å². The van der Waals surface area contributed by atoms with E-state index in [0.717, 1.165) is 16.7 Å². The number of aldehydes is 1. The molecule has 0 aliphatic heterocycles. The molecule has 0 bridgehead atoms. The van der Waals surface area contributed by atoms with Crippen molar-refractivity contribution in [3.05, 3.63) is 59.7 Å². The fourth-order valence-electron chi connectivity index (χ4n) is 1.95. The minimum Gasteiger partial charge on any atom is -0.481 e. The summed E-state index contributed by atoms with van der Waals surface area (Å²) in [5.41, 5.74) is 1.72. The summed E-state index contributed by atoms with van der Waals surface area (Å²) >= 11 is 1.59. The number of hydrogen-bond acceptors (Lipinski definition) is 5. The molecular weight excluding hydrogens is 312 g/mol. The first-order valence-electron chi connectivity index (χ1n) is 7.27. The van der Waals surface area contributed by atoms with Crippen molar-refractivity contribution in [1.29, 1.82) is 0 Å². The van der Waals surface area contributed by atoms with Gasteiger partial charge in [0, 0.05) is 16.2 Å². The summed E-state index contributed by atoms with van der Waals surface area (Å²) in [6, 6.07) is 15.0. The molecule has 2 aromatic carbocycles. The van der Waals surface area contributed by atoms with E-state index in [-0.39, 0.29) is 12.6 Å². The Morgan fingerprint density at radius 1 is 1.17 bits per heavy atom. The molecule has 2 rings (SSSR count). The lowest BCUT2D eigenvalue weighted by Crippen LogP contribution is -2.14. The smallest absolute Gasteiger partial charge is 0.344 e. The van der Waals surface area contributed by atoms with Crippen LogP contribution in [0.25, 0.3) is 0 Å². The Bertz CT molecular complexity index is 670. The first-order chi connectivity index (χ1) is 11.2. The Morgan fingerprint density at radius 2 is 2.00 bits per heavy atom. The Balaban J connectivity index is 1.99. The molecule has 0 heterocycles. The predicted octanol–water partition coefficient (Wildman–Crippen LogP) is 3.73. The molecule has 0 unspecified atom stereocenters. The van der Waals surface area contributed by atoms with E-state index in [1.54, 1.807) is 24.8 Å². The number of thioether (sulfide) groups is 1. The summed E-state index contributed by atoms with van der Waals surface area (Å²) in [7, 11) is 0. The maximum absolute atomic E-state index is 11.4. The highest BCUT2D eigenvalue weighted by molar-refractivity contribution is 7.98. The number of para-hydroxylation sites is 1. The van der Waals surface area contributed by atoms with Gasteiger partial charge in [-0.15, -0.1) is 11.8 Å². The Hall–Kier alpha value is -2.27. The van der Waals surface area contributed by atoms with Gasteiger partial charge in [-0.3, -0.25) is 4.79 Å². The maximum atomic E-state index is 11.4. The average molecular weight is 330 g/mol. The third-order valence-electron chi connectivity index (χ3n) is 2.98. The van der Waals surface area contributed by atoms with E-state index in [9.17, 15) is 9.59 Å². The lowest BCUT2D eigenvalue weighted by Gasteiger charge is -2.10. The quantitative estimate of drug-likeness (QED) is 0.419. The molecule has 120 valence electrons. The maximum Gasteiger partial charge on any atom is 0.344 e. The molecule has 4 nitrogen and oxygen atoms in total. The minimum atomic E-state index is -0.383. The molecule has 0 aliphatic rings. The number of benzene rings is 2.